The molecule has 0 atom stereocenters. The van der Waals surface area contributed by atoms with Crippen LogP contribution in [0.15, 0.2) is 53.7 Å². The van der Waals surface area contributed by atoms with Crippen LogP contribution in [0.3, 0.4) is 0 Å². The topological polar surface area (TPSA) is 115 Å². The highest BCUT2D eigenvalue weighted by molar-refractivity contribution is 7.99. The van der Waals surface area contributed by atoms with E-state index in [1.54, 1.807) is 36.4 Å². The minimum atomic E-state index is -0.295. The first kappa shape index (κ1) is 22.6. The molecule has 1 heterocycles. The van der Waals surface area contributed by atoms with E-state index in [0.29, 0.717) is 45.3 Å². The Morgan fingerprint density at radius 1 is 1.13 bits per heavy atom. The van der Waals surface area contributed by atoms with Gasteiger partial charge in [0.1, 0.15) is 0 Å². The predicted octanol–water partition coefficient (Wildman–Crippen LogP) is 3.43. The summed E-state index contributed by atoms with van der Waals surface area (Å²) in [6.45, 7) is 4.58. The molecule has 0 saturated carbocycles. The number of amides is 2. The highest BCUT2D eigenvalue weighted by Gasteiger charge is 2.17. The number of hydrogen-bond acceptors (Lipinski definition) is 6. The van der Waals surface area contributed by atoms with Crippen molar-refractivity contribution in [3.05, 3.63) is 59.1 Å². The smallest absolute Gasteiger partial charge is 0.253 e. The average Bonchev–Trinajstić information content (AvgIpc) is 3.11. The number of thioether (sulfide) groups is 1. The lowest BCUT2D eigenvalue weighted by atomic mass is 10.1. The summed E-state index contributed by atoms with van der Waals surface area (Å²) in [6.07, 6.45) is 0. The molecule has 0 bridgehead atoms. The summed E-state index contributed by atoms with van der Waals surface area (Å²) in [5.41, 5.74) is 1.50. The molecular weight excluding hydrogens is 436 g/mol. The molecule has 0 radical (unpaired) electrons. The van der Waals surface area contributed by atoms with Gasteiger partial charge in [0.2, 0.25) is 11.1 Å². The number of anilines is 1. The summed E-state index contributed by atoms with van der Waals surface area (Å²) in [5, 5.41) is 14.6. The van der Waals surface area contributed by atoms with Crippen LogP contribution in [0.4, 0.5) is 5.69 Å². The molecule has 2 amide bonds. The van der Waals surface area contributed by atoms with E-state index in [0.717, 1.165) is 11.8 Å². The molecule has 3 rings (SSSR count). The fourth-order valence-corrected chi connectivity index (χ4v) is 3.58. The number of carbonyl (C=O) groups is 2. The van der Waals surface area contributed by atoms with E-state index in [4.69, 9.17) is 17.4 Å². The van der Waals surface area contributed by atoms with E-state index < -0.39 is 0 Å². The SMILES string of the molecule is CC(C)CNC(=O)c1ccccc1NC(=O)CSc1nnc(-c2ccccc2Cl)n1N. The number of carbonyl (C=O) groups excluding carboxylic acids is 2. The Labute approximate surface area is 189 Å². The van der Waals surface area contributed by atoms with Gasteiger partial charge in [-0.2, -0.15) is 0 Å². The van der Waals surface area contributed by atoms with E-state index in [-0.39, 0.29) is 17.6 Å². The molecule has 162 valence electrons. The second-order valence-corrected chi connectivity index (χ2v) is 8.49. The van der Waals surface area contributed by atoms with Gasteiger partial charge in [0.15, 0.2) is 5.82 Å². The molecule has 0 aliphatic rings. The minimum Gasteiger partial charge on any atom is -0.352 e. The molecule has 8 nitrogen and oxygen atoms in total. The van der Waals surface area contributed by atoms with E-state index in [1.807, 2.05) is 26.0 Å². The van der Waals surface area contributed by atoms with Gasteiger partial charge in [-0.15, -0.1) is 10.2 Å². The number of nitrogen functional groups attached to an aromatic ring is 1. The van der Waals surface area contributed by atoms with Gasteiger partial charge in [0.25, 0.3) is 5.91 Å². The number of halogens is 1. The van der Waals surface area contributed by atoms with Crippen LogP contribution >= 0.6 is 23.4 Å². The van der Waals surface area contributed by atoms with Crippen LogP contribution < -0.4 is 16.5 Å². The monoisotopic (exact) mass is 458 g/mol. The first-order chi connectivity index (χ1) is 14.9. The zero-order valence-electron chi connectivity index (χ0n) is 17.1. The molecule has 10 heteroatoms. The molecule has 0 aliphatic heterocycles. The van der Waals surface area contributed by atoms with Gasteiger partial charge < -0.3 is 16.5 Å². The van der Waals surface area contributed by atoms with Crippen LogP contribution in [0.1, 0.15) is 24.2 Å². The van der Waals surface area contributed by atoms with Crippen molar-refractivity contribution in [3.63, 3.8) is 0 Å². The predicted molar refractivity (Wildman–Crippen MR) is 124 cm³/mol. The highest BCUT2D eigenvalue weighted by atomic mass is 35.5. The first-order valence-electron chi connectivity index (χ1n) is 9.62. The van der Waals surface area contributed by atoms with Crippen LogP contribution in [0.25, 0.3) is 11.4 Å². The molecule has 1 aromatic heterocycles. The summed E-state index contributed by atoms with van der Waals surface area (Å²) in [7, 11) is 0. The normalized spacial score (nSPS) is 10.8. The van der Waals surface area contributed by atoms with Gasteiger partial charge >= 0.3 is 0 Å². The maximum Gasteiger partial charge on any atom is 0.253 e. The minimum absolute atomic E-state index is 0.0415. The molecule has 0 spiro atoms. The molecule has 0 fully saturated rings. The first-order valence-corrected chi connectivity index (χ1v) is 11.0. The van der Waals surface area contributed by atoms with Crippen molar-refractivity contribution in [1.29, 1.82) is 0 Å². The molecule has 31 heavy (non-hydrogen) atoms. The molecule has 2 aromatic carbocycles. The number of hydrogen-bond donors (Lipinski definition) is 3. The Morgan fingerprint density at radius 2 is 1.84 bits per heavy atom. The molecule has 0 saturated heterocycles. The van der Waals surface area contributed by atoms with Crippen molar-refractivity contribution in [3.8, 4) is 11.4 Å². The lowest BCUT2D eigenvalue weighted by Crippen LogP contribution is -2.28. The second-order valence-electron chi connectivity index (χ2n) is 7.14. The van der Waals surface area contributed by atoms with Crippen LogP contribution in [0.2, 0.25) is 5.02 Å². The number of nitrogens with two attached hydrogens (primary N) is 1. The standard InChI is InChI=1S/C21H23ClN6O2S/c1-13(2)11-24-20(30)15-8-4-6-10-17(15)25-18(29)12-31-21-27-26-19(28(21)23)14-7-3-5-9-16(14)22/h3-10,13H,11-12,23H2,1-2H3,(H,24,30)(H,25,29). The number of rotatable bonds is 8. The summed E-state index contributed by atoms with van der Waals surface area (Å²) in [6, 6.07) is 14.0. The lowest BCUT2D eigenvalue weighted by Gasteiger charge is -2.12. The van der Waals surface area contributed by atoms with E-state index in [1.165, 1.54) is 4.68 Å². The molecule has 4 N–H and O–H groups in total. The van der Waals surface area contributed by atoms with Crippen molar-refractivity contribution >= 4 is 40.9 Å². The molecule has 3 aromatic rings. The Balaban J connectivity index is 1.64. The van der Waals surface area contributed by atoms with Crippen LogP contribution in [0, 0.1) is 5.92 Å². The van der Waals surface area contributed by atoms with Crippen molar-refractivity contribution < 1.29 is 9.59 Å². The Bertz CT molecular complexity index is 1090. The number of nitrogens with one attached hydrogen (secondary N) is 2. The largest absolute Gasteiger partial charge is 0.352 e. The summed E-state index contributed by atoms with van der Waals surface area (Å²) in [4.78, 5) is 24.9. The Hall–Kier alpha value is -3.04. The van der Waals surface area contributed by atoms with Crippen molar-refractivity contribution in [2.45, 2.75) is 19.0 Å². The Kier molecular flexibility index (Phi) is 7.54. The number of nitrogens with zero attached hydrogens (tertiary/aromatic N) is 3. The van der Waals surface area contributed by atoms with Gasteiger partial charge in [-0.25, -0.2) is 4.68 Å². The molecule has 0 unspecified atom stereocenters. The molecular formula is C21H23ClN6O2S. The van der Waals surface area contributed by atoms with Crippen LogP contribution in [0.5, 0.6) is 0 Å². The van der Waals surface area contributed by atoms with E-state index in [9.17, 15) is 9.59 Å². The fourth-order valence-electron chi connectivity index (χ4n) is 2.70. The van der Waals surface area contributed by atoms with E-state index in [2.05, 4.69) is 20.8 Å². The van der Waals surface area contributed by atoms with Gasteiger partial charge in [0.05, 0.1) is 22.0 Å². The third-order valence-electron chi connectivity index (χ3n) is 4.23. The van der Waals surface area contributed by atoms with Gasteiger partial charge in [-0.05, 0) is 30.2 Å². The second kappa shape index (κ2) is 10.3. The maximum atomic E-state index is 12.5. The Morgan fingerprint density at radius 3 is 2.58 bits per heavy atom. The van der Waals surface area contributed by atoms with Gasteiger partial charge in [-0.1, -0.05) is 61.5 Å². The third kappa shape index (κ3) is 5.77. The zero-order valence-corrected chi connectivity index (χ0v) is 18.7. The van der Waals surface area contributed by atoms with Crippen LogP contribution in [-0.4, -0.2) is 39.0 Å². The van der Waals surface area contributed by atoms with Gasteiger partial charge in [-0.3, -0.25) is 9.59 Å². The number of benzene rings is 2. The number of aromatic nitrogens is 3. The zero-order chi connectivity index (χ0) is 22.4. The molecule has 0 aliphatic carbocycles. The lowest BCUT2D eigenvalue weighted by molar-refractivity contribution is -0.113. The van der Waals surface area contributed by atoms with E-state index >= 15 is 0 Å². The third-order valence-corrected chi connectivity index (χ3v) is 5.50. The fraction of sp³-hybridized carbons (Fsp3) is 0.238. The summed E-state index contributed by atoms with van der Waals surface area (Å²) < 4.78 is 1.30. The maximum absolute atomic E-state index is 12.5. The van der Waals surface area contributed by atoms with Crippen LogP contribution in [-0.2, 0) is 4.79 Å². The highest BCUT2D eigenvalue weighted by Crippen LogP contribution is 2.27. The quantitative estimate of drug-likeness (QED) is 0.352. The number of para-hydroxylation sites is 1. The average molecular weight is 459 g/mol. The summed E-state index contributed by atoms with van der Waals surface area (Å²) >= 11 is 7.33. The van der Waals surface area contributed by atoms with Gasteiger partial charge in [0, 0.05) is 12.1 Å². The van der Waals surface area contributed by atoms with Crippen molar-refractivity contribution in [2.24, 2.45) is 5.92 Å². The summed E-state index contributed by atoms with van der Waals surface area (Å²) in [5.74, 6) is 6.33. The van der Waals surface area contributed by atoms with Crippen molar-refractivity contribution in [1.82, 2.24) is 20.2 Å². The van der Waals surface area contributed by atoms with Crippen molar-refractivity contribution in [2.75, 3.05) is 23.5 Å².